The van der Waals surface area contributed by atoms with E-state index in [0.29, 0.717) is 25.7 Å². The number of hydrogen-bond acceptors (Lipinski definition) is 6. The molecule has 0 radical (unpaired) electrons. The number of aromatic nitrogens is 1. The molecule has 2 aliphatic rings. The predicted octanol–water partition coefficient (Wildman–Crippen LogP) is 3.47. The first-order valence-electron chi connectivity index (χ1n) is 11.8. The van der Waals surface area contributed by atoms with E-state index in [2.05, 4.69) is 26.9 Å². The van der Waals surface area contributed by atoms with Crippen LogP contribution in [0.3, 0.4) is 0 Å². The van der Waals surface area contributed by atoms with Crippen LogP contribution in [-0.4, -0.2) is 30.3 Å². The molecular weight excluding hydrogens is 468 g/mol. The largest absolute Gasteiger partial charge is 0.348 e. The van der Waals surface area contributed by atoms with Gasteiger partial charge in [-0.1, -0.05) is 17.9 Å². The van der Waals surface area contributed by atoms with Gasteiger partial charge in [-0.05, 0) is 69.7 Å². The molecule has 4 rings (SSSR count). The lowest BCUT2D eigenvalue weighted by Gasteiger charge is -2.29. The maximum absolute atomic E-state index is 12.9. The topological polar surface area (TPSA) is 131 Å². The number of carbonyl (C=O) groups is 1. The summed E-state index contributed by atoms with van der Waals surface area (Å²) in [6.07, 6.45) is 5.76. The van der Waals surface area contributed by atoms with E-state index in [1.165, 1.54) is 12.1 Å². The molecule has 0 bridgehead atoms. The molecule has 1 heterocycles. The second-order valence-corrected chi connectivity index (χ2v) is 10.8. The Labute approximate surface area is 204 Å². The summed E-state index contributed by atoms with van der Waals surface area (Å²) in [7, 11) is -3.96. The number of rotatable bonds is 7. The van der Waals surface area contributed by atoms with Gasteiger partial charge >= 0.3 is 0 Å². The molecule has 2 fully saturated rings. The quantitative estimate of drug-likeness (QED) is 0.343. The third-order valence-corrected chi connectivity index (χ3v) is 7.89. The molecule has 2 saturated carbocycles. The minimum Gasteiger partial charge on any atom is -0.348 e. The normalized spacial score (nSPS) is 20.8. The maximum atomic E-state index is 12.9. The van der Waals surface area contributed by atoms with Crippen LogP contribution in [0.2, 0.25) is 0 Å². The Balaban J connectivity index is 1.35. The molecule has 10 heteroatoms. The van der Waals surface area contributed by atoms with Crippen molar-refractivity contribution in [1.29, 1.82) is 0 Å². The number of nitro groups is 1. The molecule has 35 heavy (non-hydrogen) atoms. The average molecular weight is 497 g/mol. The van der Waals surface area contributed by atoms with Crippen LogP contribution in [0, 0.1) is 33.8 Å². The molecule has 0 unspecified atom stereocenters. The van der Waals surface area contributed by atoms with Gasteiger partial charge in [0.15, 0.2) is 0 Å². The Morgan fingerprint density at radius 2 is 1.89 bits per heavy atom. The van der Waals surface area contributed by atoms with Crippen molar-refractivity contribution in [2.24, 2.45) is 11.8 Å². The third-order valence-electron chi connectivity index (χ3n) is 6.37. The highest BCUT2D eigenvalue weighted by molar-refractivity contribution is 7.89. The molecule has 1 aromatic carbocycles. The Morgan fingerprint density at radius 3 is 2.51 bits per heavy atom. The Hall–Kier alpha value is -3.29. The van der Waals surface area contributed by atoms with Crippen LogP contribution in [0.5, 0.6) is 0 Å². The lowest BCUT2D eigenvalue weighted by atomic mass is 9.86. The Bertz CT molecular complexity index is 1260. The molecule has 0 aliphatic heterocycles. The van der Waals surface area contributed by atoms with Crippen molar-refractivity contribution >= 4 is 21.6 Å². The fourth-order valence-corrected chi connectivity index (χ4v) is 5.47. The molecule has 1 atom stereocenters. The number of benzene rings is 1. The van der Waals surface area contributed by atoms with Crippen LogP contribution < -0.4 is 10.0 Å². The van der Waals surface area contributed by atoms with E-state index in [9.17, 15) is 23.3 Å². The number of hydrogen-bond donors (Lipinski definition) is 2. The number of pyridine rings is 1. The summed E-state index contributed by atoms with van der Waals surface area (Å²) in [5, 5.41) is 14.5. The Kier molecular flexibility index (Phi) is 7.48. The summed E-state index contributed by atoms with van der Waals surface area (Å²) in [6.45, 7) is 1.88. The molecule has 0 saturated heterocycles. The number of amides is 1. The van der Waals surface area contributed by atoms with Crippen molar-refractivity contribution < 1.29 is 18.1 Å². The SMILES string of the molecule is C[C@@H](NC(=O)C1CCC(NS(=O)(=O)c2ccc(C#CC3CC3)c([N+](=O)[O-])c2)CC1)c1ccccn1. The van der Waals surface area contributed by atoms with E-state index in [1.807, 2.05) is 25.1 Å². The predicted molar refractivity (Wildman–Crippen MR) is 130 cm³/mol. The first-order valence-corrected chi connectivity index (χ1v) is 13.2. The van der Waals surface area contributed by atoms with Crippen molar-refractivity contribution in [2.45, 2.75) is 62.4 Å². The second-order valence-electron chi connectivity index (χ2n) is 9.13. The van der Waals surface area contributed by atoms with E-state index in [4.69, 9.17) is 0 Å². The zero-order valence-electron chi connectivity index (χ0n) is 19.4. The van der Waals surface area contributed by atoms with Gasteiger partial charge in [0.1, 0.15) is 5.56 Å². The van der Waals surface area contributed by atoms with E-state index >= 15 is 0 Å². The average Bonchev–Trinajstić information content (AvgIpc) is 3.68. The van der Waals surface area contributed by atoms with Gasteiger partial charge < -0.3 is 5.32 Å². The highest BCUT2D eigenvalue weighted by Gasteiger charge is 2.30. The molecular formula is C25H28N4O5S. The molecule has 2 aromatic rings. The van der Waals surface area contributed by atoms with Crippen LogP contribution in [0.4, 0.5) is 5.69 Å². The van der Waals surface area contributed by atoms with Gasteiger partial charge in [0.2, 0.25) is 15.9 Å². The molecule has 2 N–H and O–H groups in total. The van der Waals surface area contributed by atoms with E-state index in [1.54, 1.807) is 6.20 Å². The molecule has 9 nitrogen and oxygen atoms in total. The van der Waals surface area contributed by atoms with Crippen molar-refractivity contribution in [2.75, 3.05) is 0 Å². The fraction of sp³-hybridized carbons (Fsp3) is 0.440. The number of carbonyl (C=O) groups excluding carboxylic acids is 1. The number of sulfonamides is 1. The summed E-state index contributed by atoms with van der Waals surface area (Å²) < 4.78 is 28.5. The zero-order chi connectivity index (χ0) is 25.0. The summed E-state index contributed by atoms with van der Waals surface area (Å²) in [5.74, 6) is 5.78. The number of nitro benzene ring substituents is 1. The third kappa shape index (κ3) is 6.44. The van der Waals surface area contributed by atoms with Gasteiger partial charge in [-0.3, -0.25) is 19.9 Å². The molecule has 1 aromatic heterocycles. The summed E-state index contributed by atoms with van der Waals surface area (Å²) in [6, 6.07) is 8.79. The fourth-order valence-electron chi connectivity index (χ4n) is 4.14. The van der Waals surface area contributed by atoms with Crippen LogP contribution in [-0.2, 0) is 14.8 Å². The molecule has 1 amide bonds. The monoisotopic (exact) mass is 496 g/mol. The van der Waals surface area contributed by atoms with Gasteiger partial charge in [0.25, 0.3) is 5.69 Å². The highest BCUT2D eigenvalue weighted by Crippen LogP contribution is 2.30. The highest BCUT2D eigenvalue weighted by atomic mass is 32.2. The number of nitrogens with one attached hydrogen (secondary N) is 2. The molecule has 0 spiro atoms. The smallest absolute Gasteiger partial charge is 0.286 e. The van der Waals surface area contributed by atoms with Crippen LogP contribution in [0.25, 0.3) is 0 Å². The summed E-state index contributed by atoms with van der Waals surface area (Å²) >= 11 is 0. The second kappa shape index (κ2) is 10.5. The van der Waals surface area contributed by atoms with Gasteiger partial charge in [0.05, 0.1) is 21.6 Å². The summed E-state index contributed by atoms with van der Waals surface area (Å²) in [4.78, 5) is 27.7. The lowest BCUT2D eigenvalue weighted by molar-refractivity contribution is -0.385. The van der Waals surface area contributed by atoms with Gasteiger partial charge in [-0.2, -0.15) is 0 Å². The summed E-state index contributed by atoms with van der Waals surface area (Å²) in [5.41, 5.74) is 0.677. The first kappa shape index (κ1) is 24.8. The Morgan fingerprint density at radius 1 is 1.14 bits per heavy atom. The minimum atomic E-state index is -3.96. The van der Waals surface area contributed by atoms with Crippen LogP contribution in [0.1, 0.15) is 62.7 Å². The van der Waals surface area contributed by atoms with Crippen LogP contribution in [0.15, 0.2) is 47.5 Å². The van der Waals surface area contributed by atoms with Crippen molar-refractivity contribution in [3.8, 4) is 11.8 Å². The lowest BCUT2D eigenvalue weighted by Crippen LogP contribution is -2.41. The van der Waals surface area contributed by atoms with Gasteiger partial charge in [-0.15, -0.1) is 0 Å². The number of nitrogens with zero attached hydrogens (tertiary/aromatic N) is 2. The zero-order valence-corrected chi connectivity index (χ0v) is 20.3. The molecule has 2 aliphatic carbocycles. The maximum Gasteiger partial charge on any atom is 0.286 e. The van der Waals surface area contributed by atoms with E-state index in [0.717, 1.165) is 24.6 Å². The standard InChI is InChI=1S/C25H28N4O5S/c1-17(23-4-2-3-15-26-23)27-25(30)20-9-12-21(13-10-20)28-35(33,34)22-14-11-19(8-7-18-5-6-18)24(16-22)29(31)32/h2-4,11,14-18,20-21,28H,5-6,9-10,12-13H2,1H3,(H,27,30)/t17-,20?,21?/m1/s1. The first-order chi connectivity index (χ1) is 16.7. The minimum absolute atomic E-state index is 0.0667. The van der Waals surface area contributed by atoms with E-state index in [-0.39, 0.29) is 46.0 Å². The van der Waals surface area contributed by atoms with Crippen LogP contribution >= 0.6 is 0 Å². The van der Waals surface area contributed by atoms with Gasteiger partial charge in [0, 0.05) is 30.1 Å². The van der Waals surface area contributed by atoms with Crippen molar-refractivity contribution in [1.82, 2.24) is 15.0 Å². The van der Waals surface area contributed by atoms with Crippen molar-refractivity contribution in [3.63, 3.8) is 0 Å². The van der Waals surface area contributed by atoms with Crippen molar-refractivity contribution in [3.05, 3.63) is 64.0 Å². The van der Waals surface area contributed by atoms with E-state index < -0.39 is 14.9 Å². The molecule has 184 valence electrons. The van der Waals surface area contributed by atoms with Gasteiger partial charge in [-0.25, -0.2) is 13.1 Å².